The molecule has 0 radical (unpaired) electrons. The van der Waals surface area contributed by atoms with Gasteiger partial charge in [0.05, 0.1) is 11.2 Å². The molecule has 2 aromatic heterocycles. The van der Waals surface area contributed by atoms with Gasteiger partial charge in [0, 0.05) is 24.3 Å². The first-order valence-electron chi connectivity index (χ1n) is 8.17. The van der Waals surface area contributed by atoms with Crippen molar-refractivity contribution in [3.05, 3.63) is 78.4 Å². The number of rotatable bonds is 4. The number of nitrogens with one attached hydrogen (secondary N) is 1. The molecule has 0 aliphatic heterocycles. The monoisotopic (exact) mass is 369 g/mol. The molecule has 0 unspecified atom stereocenters. The summed E-state index contributed by atoms with van der Waals surface area (Å²) in [6, 6.07) is 16.0. The highest BCUT2D eigenvalue weighted by atomic mass is 19.4. The predicted octanol–water partition coefficient (Wildman–Crippen LogP) is 4.45. The van der Waals surface area contributed by atoms with Crippen molar-refractivity contribution in [3.8, 4) is 5.69 Å². The average Bonchev–Trinajstić information content (AvgIpc) is 3.20. The van der Waals surface area contributed by atoms with Crippen LogP contribution in [0.2, 0.25) is 0 Å². The molecule has 0 aliphatic carbocycles. The van der Waals surface area contributed by atoms with Crippen molar-refractivity contribution < 1.29 is 13.2 Å². The zero-order valence-electron chi connectivity index (χ0n) is 14.0. The lowest BCUT2D eigenvalue weighted by molar-refractivity contribution is -0.144. The van der Waals surface area contributed by atoms with Crippen LogP contribution in [0, 0.1) is 0 Å². The van der Waals surface area contributed by atoms with Crippen LogP contribution >= 0.6 is 0 Å². The molecule has 5 nitrogen and oxygen atoms in total. The van der Waals surface area contributed by atoms with E-state index in [9.17, 15) is 13.2 Å². The van der Waals surface area contributed by atoms with Crippen LogP contribution in [-0.4, -0.2) is 19.7 Å². The summed E-state index contributed by atoms with van der Waals surface area (Å²) >= 11 is 0. The summed E-state index contributed by atoms with van der Waals surface area (Å²) in [6.07, 6.45) is -1.08. The molecule has 4 rings (SSSR count). The van der Waals surface area contributed by atoms with E-state index in [2.05, 4.69) is 20.4 Å². The quantitative estimate of drug-likeness (QED) is 0.578. The van der Waals surface area contributed by atoms with Crippen LogP contribution in [-0.2, 0) is 12.7 Å². The summed E-state index contributed by atoms with van der Waals surface area (Å²) in [5, 5.41) is 7.69. The molecular weight excluding hydrogens is 355 g/mol. The number of para-hydroxylation sites is 1. The number of aromatic nitrogens is 4. The molecule has 2 heterocycles. The molecule has 0 bridgehead atoms. The summed E-state index contributed by atoms with van der Waals surface area (Å²) < 4.78 is 41.0. The molecule has 136 valence electrons. The Kier molecular flexibility index (Phi) is 4.23. The minimum Gasteiger partial charge on any atom is -0.365 e. The number of hydrogen-bond donors (Lipinski definition) is 1. The van der Waals surface area contributed by atoms with Gasteiger partial charge in [-0.3, -0.25) is 0 Å². The fourth-order valence-corrected chi connectivity index (χ4v) is 2.71. The van der Waals surface area contributed by atoms with E-state index in [4.69, 9.17) is 0 Å². The number of alkyl halides is 3. The molecule has 0 saturated carbocycles. The lowest BCUT2D eigenvalue weighted by Crippen LogP contribution is -2.13. The van der Waals surface area contributed by atoms with Crippen molar-refractivity contribution in [2.24, 2.45) is 0 Å². The van der Waals surface area contributed by atoms with Crippen LogP contribution in [0.3, 0.4) is 0 Å². The first-order valence-corrected chi connectivity index (χ1v) is 8.17. The topological polar surface area (TPSA) is 55.6 Å². The Labute approximate surface area is 152 Å². The lowest BCUT2D eigenvalue weighted by Gasteiger charge is -2.12. The molecule has 0 atom stereocenters. The third-order valence-corrected chi connectivity index (χ3v) is 4.02. The van der Waals surface area contributed by atoms with Crippen molar-refractivity contribution in [1.82, 2.24) is 19.7 Å². The van der Waals surface area contributed by atoms with Crippen molar-refractivity contribution in [1.29, 1.82) is 0 Å². The number of halogens is 3. The molecule has 0 saturated heterocycles. The van der Waals surface area contributed by atoms with Gasteiger partial charge < -0.3 is 5.32 Å². The highest BCUT2D eigenvalue weighted by Gasteiger charge is 2.35. The summed E-state index contributed by atoms with van der Waals surface area (Å²) in [7, 11) is 0. The van der Waals surface area contributed by atoms with Gasteiger partial charge in [0.1, 0.15) is 5.82 Å². The Morgan fingerprint density at radius 2 is 1.70 bits per heavy atom. The van der Waals surface area contributed by atoms with Gasteiger partial charge in [-0.05, 0) is 35.9 Å². The first-order chi connectivity index (χ1) is 13.0. The van der Waals surface area contributed by atoms with E-state index in [1.165, 1.54) is 6.07 Å². The summed E-state index contributed by atoms with van der Waals surface area (Å²) in [4.78, 5) is 7.30. The fraction of sp³-hybridized carbons (Fsp3) is 0.105. The van der Waals surface area contributed by atoms with Gasteiger partial charge in [0.25, 0.3) is 0 Å². The third-order valence-electron chi connectivity index (χ3n) is 4.02. The smallest absolute Gasteiger partial charge is 0.365 e. The third kappa shape index (κ3) is 3.59. The molecular formula is C19H14F3N5. The fourth-order valence-electron chi connectivity index (χ4n) is 2.71. The SMILES string of the molecule is FC(F)(F)c1nc(NCc2ccc(-n3cccn3)cc2)c2ccccc2n1. The molecule has 2 aromatic carbocycles. The lowest BCUT2D eigenvalue weighted by atomic mass is 10.2. The number of fused-ring (bicyclic) bond motifs is 1. The maximum absolute atomic E-state index is 13.1. The van der Waals surface area contributed by atoms with E-state index < -0.39 is 12.0 Å². The zero-order valence-corrected chi connectivity index (χ0v) is 14.0. The van der Waals surface area contributed by atoms with Gasteiger partial charge >= 0.3 is 6.18 Å². The maximum Gasteiger partial charge on any atom is 0.451 e. The second-order valence-electron chi connectivity index (χ2n) is 5.88. The Bertz CT molecular complexity index is 1060. The first kappa shape index (κ1) is 17.0. The molecule has 0 amide bonds. The molecule has 4 aromatic rings. The summed E-state index contributed by atoms with van der Waals surface area (Å²) in [6.45, 7) is 0.331. The summed E-state index contributed by atoms with van der Waals surface area (Å²) in [5.41, 5.74) is 2.05. The van der Waals surface area contributed by atoms with Gasteiger partial charge in [0.2, 0.25) is 5.82 Å². The Morgan fingerprint density at radius 1 is 0.926 bits per heavy atom. The van der Waals surface area contributed by atoms with Crippen LogP contribution in [0.4, 0.5) is 19.0 Å². The summed E-state index contributed by atoms with van der Waals surface area (Å²) in [5.74, 6) is -0.998. The number of benzene rings is 2. The van der Waals surface area contributed by atoms with Crippen molar-refractivity contribution in [2.45, 2.75) is 12.7 Å². The van der Waals surface area contributed by atoms with Crippen molar-refractivity contribution in [3.63, 3.8) is 0 Å². The minimum atomic E-state index is -4.61. The number of anilines is 1. The van der Waals surface area contributed by atoms with Crippen LogP contribution in [0.5, 0.6) is 0 Å². The molecule has 27 heavy (non-hydrogen) atoms. The van der Waals surface area contributed by atoms with Crippen LogP contribution in [0.25, 0.3) is 16.6 Å². The zero-order chi connectivity index (χ0) is 18.9. The van der Waals surface area contributed by atoms with Gasteiger partial charge in [-0.2, -0.15) is 18.3 Å². The molecule has 0 fully saturated rings. The Balaban J connectivity index is 1.60. The van der Waals surface area contributed by atoms with E-state index in [0.29, 0.717) is 11.9 Å². The van der Waals surface area contributed by atoms with E-state index in [1.54, 1.807) is 29.1 Å². The largest absolute Gasteiger partial charge is 0.451 e. The maximum atomic E-state index is 13.1. The average molecular weight is 369 g/mol. The predicted molar refractivity (Wildman–Crippen MR) is 95.4 cm³/mol. The van der Waals surface area contributed by atoms with E-state index in [-0.39, 0.29) is 11.3 Å². The molecule has 1 N–H and O–H groups in total. The second kappa shape index (κ2) is 6.71. The van der Waals surface area contributed by atoms with E-state index >= 15 is 0 Å². The second-order valence-corrected chi connectivity index (χ2v) is 5.88. The molecule has 0 aliphatic rings. The van der Waals surface area contributed by atoms with Crippen LogP contribution < -0.4 is 5.32 Å². The van der Waals surface area contributed by atoms with Crippen LogP contribution in [0.15, 0.2) is 67.0 Å². The highest BCUT2D eigenvalue weighted by Crippen LogP contribution is 2.30. The van der Waals surface area contributed by atoms with E-state index in [1.807, 2.05) is 36.5 Å². The van der Waals surface area contributed by atoms with E-state index in [0.717, 1.165) is 11.3 Å². The van der Waals surface area contributed by atoms with Gasteiger partial charge in [-0.15, -0.1) is 0 Å². The highest BCUT2D eigenvalue weighted by molar-refractivity contribution is 5.89. The number of hydrogen-bond acceptors (Lipinski definition) is 4. The molecule has 0 spiro atoms. The van der Waals surface area contributed by atoms with Crippen molar-refractivity contribution in [2.75, 3.05) is 5.32 Å². The van der Waals surface area contributed by atoms with Gasteiger partial charge in [-0.1, -0.05) is 24.3 Å². The minimum absolute atomic E-state index is 0.157. The Morgan fingerprint density at radius 3 is 2.41 bits per heavy atom. The van der Waals surface area contributed by atoms with Crippen molar-refractivity contribution >= 4 is 16.7 Å². The van der Waals surface area contributed by atoms with Crippen LogP contribution in [0.1, 0.15) is 11.4 Å². The standard InChI is InChI=1S/C19H14F3N5/c20-19(21,22)18-25-16-5-2-1-4-15(16)17(26-18)23-12-13-6-8-14(9-7-13)27-11-3-10-24-27/h1-11H,12H2,(H,23,25,26). The Hall–Kier alpha value is -3.42. The normalized spacial score (nSPS) is 11.7. The van der Waals surface area contributed by atoms with Gasteiger partial charge in [0.15, 0.2) is 0 Å². The number of nitrogens with zero attached hydrogens (tertiary/aromatic N) is 4. The van der Waals surface area contributed by atoms with Gasteiger partial charge in [-0.25, -0.2) is 14.6 Å². The molecule has 8 heteroatoms.